The molecule has 7 heteroatoms. The molecule has 0 saturated carbocycles. The predicted molar refractivity (Wildman–Crippen MR) is 71.1 cm³/mol. The minimum Gasteiger partial charge on any atom is -0.325 e. The molecule has 1 aromatic rings. The Balaban J connectivity index is 2.08. The SMILES string of the molecule is O=C(CBr)c1ccc(C(=O)ON2C(=O)CCC2=O)cc1. The molecule has 2 amide bonds. The smallest absolute Gasteiger partial charge is 0.325 e. The summed E-state index contributed by atoms with van der Waals surface area (Å²) in [5.41, 5.74) is 0.607. The number of halogens is 1. The Hall–Kier alpha value is -2.02. The zero-order valence-corrected chi connectivity index (χ0v) is 11.9. The Labute approximate surface area is 122 Å². The van der Waals surface area contributed by atoms with Crippen LogP contribution in [0.25, 0.3) is 0 Å². The number of alkyl halides is 1. The molecule has 1 aliphatic heterocycles. The van der Waals surface area contributed by atoms with Gasteiger partial charge in [0.25, 0.3) is 11.8 Å². The molecule has 1 aliphatic rings. The Morgan fingerprint density at radius 3 is 2.05 bits per heavy atom. The molecule has 6 nitrogen and oxygen atoms in total. The highest BCUT2D eigenvalue weighted by Crippen LogP contribution is 2.15. The van der Waals surface area contributed by atoms with Gasteiger partial charge in [0.2, 0.25) is 0 Å². The summed E-state index contributed by atoms with van der Waals surface area (Å²) in [5, 5.41) is 0.674. The number of Topliss-reactive ketones (excluding diaryl/α,β-unsaturated/α-hetero) is 1. The second-order valence-electron chi connectivity index (χ2n) is 4.09. The first kappa shape index (κ1) is 14.4. The van der Waals surface area contributed by atoms with Gasteiger partial charge < -0.3 is 4.84 Å². The van der Waals surface area contributed by atoms with Crippen molar-refractivity contribution in [3.05, 3.63) is 35.4 Å². The third kappa shape index (κ3) is 2.93. The first-order chi connectivity index (χ1) is 9.52. The number of rotatable bonds is 4. The number of nitrogens with zero attached hydrogens (tertiary/aromatic N) is 1. The molecule has 1 saturated heterocycles. The number of amides is 2. The lowest BCUT2D eigenvalue weighted by molar-refractivity contribution is -0.172. The van der Waals surface area contributed by atoms with Crippen LogP contribution in [0.4, 0.5) is 0 Å². The van der Waals surface area contributed by atoms with E-state index in [1.165, 1.54) is 24.3 Å². The van der Waals surface area contributed by atoms with Gasteiger partial charge in [-0.25, -0.2) is 4.79 Å². The van der Waals surface area contributed by atoms with Gasteiger partial charge in [0.1, 0.15) is 0 Å². The Bertz CT molecular complexity index is 565. The van der Waals surface area contributed by atoms with E-state index in [2.05, 4.69) is 15.9 Å². The molecule has 1 aromatic carbocycles. The molecular formula is C13H10BrNO5. The maximum Gasteiger partial charge on any atom is 0.363 e. The number of hydroxylamine groups is 2. The summed E-state index contributed by atoms with van der Waals surface area (Å²) in [6, 6.07) is 5.77. The van der Waals surface area contributed by atoms with Crippen LogP contribution in [-0.4, -0.2) is 34.0 Å². The molecule has 104 valence electrons. The third-order valence-corrected chi connectivity index (χ3v) is 3.25. The van der Waals surface area contributed by atoms with Gasteiger partial charge in [0, 0.05) is 18.4 Å². The summed E-state index contributed by atoms with van der Waals surface area (Å²) in [6.07, 6.45) is 0.0929. The first-order valence-corrected chi connectivity index (χ1v) is 6.92. The maximum absolute atomic E-state index is 11.8. The highest BCUT2D eigenvalue weighted by molar-refractivity contribution is 9.09. The van der Waals surface area contributed by atoms with Crippen LogP contribution in [0.2, 0.25) is 0 Å². The topological polar surface area (TPSA) is 80.8 Å². The fourth-order valence-corrected chi connectivity index (χ4v) is 1.99. The van der Waals surface area contributed by atoms with Crippen molar-refractivity contribution in [2.75, 3.05) is 5.33 Å². The van der Waals surface area contributed by atoms with Gasteiger partial charge in [0.15, 0.2) is 5.78 Å². The van der Waals surface area contributed by atoms with E-state index in [4.69, 9.17) is 4.84 Å². The standard InChI is InChI=1S/C13H10BrNO5/c14-7-10(16)8-1-3-9(4-2-8)13(19)20-15-11(17)5-6-12(15)18/h1-4H,5-7H2. The van der Waals surface area contributed by atoms with Crippen molar-refractivity contribution in [1.82, 2.24) is 5.06 Å². The molecule has 0 atom stereocenters. The van der Waals surface area contributed by atoms with Crippen LogP contribution >= 0.6 is 15.9 Å². The van der Waals surface area contributed by atoms with Crippen LogP contribution in [0.15, 0.2) is 24.3 Å². The number of ketones is 1. The molecule has 2 rings (SSSR count). The van der Waals surface area contributed by atoms with E-state index >= 15 is 0 Å². The van der Waals surface area contributed by atoms with Gasteiger partial charge in [-0.2, -0.15) is 0 Å². The van der Waals surface area contributed by atoms with E-state index in [-0.39, 0.29) is 29.5 Å². The highest BCUT2D eigenvalue weighted by Gasteiger charge is 2.33. The van der Waals surface area contributed by atoms with Crippen molar-refractivity contribution in [2.24, 2.45) is 0 Å². The monoisotopic (exact) mass is 339 g/mol. The van der Waals surface area contributed by atoms with Crippen molar-refractivity contribution >= 4 is 39.5 Å². The zero-order valence-electron chi connectivity index (χ0n) is 10.3. The summed E-state index contributed by atoms with van der Waals surface area (Å²) >= 11 is 3.05. The molecule has 20 heavy (non-hydrogen) atoms. The highest BCUT2D eigenvalue weighted by atomic mass is 79.9. The van der Waals surface area contributed by atoms with Crippen molar-refractivity contribution in [2.45, 2.75) is 12.8 Å². The number of imide groups is 1. The fraction of sp³-hybridized carbons (Fsp3) is 0.231. The summed E-state index contributed by atoms with van der Waals surface area (Å²) < 4.78 is 0. The minimum absolute atomic E-state index is 0.0464. The molecule has 0 spiro atoms. The molecule has 0 N–H and O–H groups in total. The number of hydrogen-bond acceptors (Lipinski definition) is 5. The molecule has 1 fully saturated rings. The van der Waals surface area contributed by atoms with Crippen molar-refractivity contribution in [3.8, 4) is 0 Å². The average Bonchev–Trinajstić information content (AvgIpc) is 2.78. The lowest BCUT2D eigenvalue weighted by Gasteiger charge is -2.12. The Morgan fingerprint density at radius 1 is 1.05 bits per heavy atom. The molecule has 0 bridgehead atoms. The van der Waals surface area contributed by atoms with E-state index < -0.39 is 17.8 Å². The van der Waals surface area contributed by atoms with Crippen molar-refractivity contribution < 1.29 is 24.0 Å². The van der Waals surface area contributed by atoms with E-state index in [0.29, 0.717) is 10.6 Å². The molecule has 0 radical (unpaired) electrons. The van der Waals surface area contributed by atoms with Crippen LogP contribution in [-0.2, 0) is 14.4 Å². The molecule has 0 aliphatic carbocycles. The number of hydrogen-bond donors (Lipinski definition) is 0. The van der Waals surface area contributed by atoms with E-state index in [0.717, 1.165) is 0 Å². The number of carbonyl (C=O) groups is 4. The summed E-state index contributed by atoms with van der Waals surface area (Å²) in [5.74, 6) is -2.00. The van der Waals surface area contributed by atoms with Crippen LogP contribution in [0.1, 0.15) is 33.6 Å². The van der Waals surface area contributed by atoms with Crippen LogP contribution < -0.4 is 0 Å². The second kappa shape index (κ2) is 5.96. The maximum atomic E-state index is 11.8. The van der Waals surface area contributed by atoms with Gasteiger partial charge in [-0.05, 0) is 12.1 Å². The zero-order chi connectivity index (χ0) is 14.7. The van der Waals surface area contributed by atoms with E-state index in [1.54, 1.807) is 0 Å². The summed E-state index contributed by atoms with van der Waals surface area (Å²) in [7, 11) is 0. The van der Waals surface area contributed by atoms with Gasteiger partial charge in [-0.15, -0.1) is 5.06 Å². The second-order valence-corrected chi connectivity index (χ2v) is 4.66. The molecule has 0 unspecified atom stereocenters. The van der Waals surface area contributed by atoms with Gasteiger partial charge in [-0.1, -0.05) is 28.1 Å². The van der Waals surface area contributed by atoms with Crippen LogP contribution in [0, 0.1) is 0 Å². The quantitative estimate of drug-likeness (QED) is 0.471. The van der Waals surface area contributed by atoms with Crippen molar-refractivity contribution in [1.29, 1.82) is 0 Å². The van der Waals surface area contributed by atoms with E-state index in [9.17, 15) is 19.2 Å². The van der Waals surface area contributed by atoms with Crippen molar-refractivity contribution in [3.63, 3.8) is 0 Å². The molecular weight excluding hydrogens is 330 g/mol. The lowest BCUT2D eigenvalue weighted by atomic mass is 10.1. The lowest BCUT2D eigenvalue weighted by Crippen LogP contribution is -2.32. The van der Waals surface area contributed by atoms with Gasteiger partial charge in [0.05, 0.1) is 10.9 Å². The largest absolute Gasteiger partial charge is 0.363 e. The normalized spacial score (nSPS) is 14.6. The Morgan fingerprint density at radius 2 is 1.55 bits per heavy atom. The Kier molecular flexibility index (Phi) is 4.29. The van der Waals surface area contributed by atoms with Gasteiger partial charge in [-0.3, -0.25) is 14.4 Å². The summed E-state index contributed by atoms with van der Waals surface area (Å²) in [6.45, 7) is 0. The molecule has 1 heterocycles. The number of carbonyl (C=O) groups excluding carboxylic acids is 4. The average molecular weight is 340 g/mol. The predicted octanol–water partition coefficient (Wildman–Crippen LogP) is 1.49. The number of benzene rings is 1. The van der Waals surface area contributed by atoms with Gasteiger partial charge >= 0.3 is 5.97 Å². The molecule has 0 aromatic heterocycles. The van der Waals surface area contributed by atoms with Crippen LogP contribution in [0.3, 0.4) is 0 Å². The minimum atomic E-state index is -0.813. The van der Waals surface area contributed by atoms with E-state index in [1.807, 2.05) is 0 Å². The fourth-order valence-electron chi connectivity index (χ4n) is 1.66. The first-order valence-electron chi connectivity index (χ1n) is 5.80. The third-order valence-electron chi connectivity index (χ3n) is 2.74. The summed E-state index contributed by atoms with van der Waals surface area (Å²) in [4.78, 5) is 50.6. The van der Waals surface area contributed by atoms with Crippen LogP contribution in [0.5, 0.6) is 0 Å².